The van der Waals surface area contributed by atoms with E-state index in [4.69, 9.17) is 11.5 Å². The first kappa shape index (κ1) is 13.9. The summed E-state index contributed by atoms with van der Waals surface area (Å²) in [6, 6.07) is 13.1. The van der Waals surface area contributed by atoms with E-state index in [9.17, 15) is 4.79 Å². The maximum absolute atomic E-state index is 11.4. The zero-order chi connectivity index (χ0) is 14.7. The molecule has 0 aliphatic heterocycles. The van der Waals surface area contributed by atoms with Gasteiger partial charge >= 0.3 is 0 Å². The van der Waals surface area contributed by atoms with Gasteiger partial charge in [0.05, 0.1) is 16.9 Å². The van der Waals surface area contributed by atoms with Crippen molar-refractivity contribution in [2.24, 2.45) is 5.73 Å². The number of carbonyl (C=O) groups excluding carboxylic acids is 1. The Kier molecular flexibility index (Phi) is 3.94. The van der Waals surface area contributed by atoms with Crippen molar-refractivity contribution in [3.63, 3.8) is 0 Å². The largest absolute Gasteiger partial charge is 0.397 e. The molecule has 0 aromatic heterocycles. The first-order valence-corrected chi connectivity index (χ1v) is 6.54. The van der Waals surface area contributed by atoms with Crippen molar-refractivity contribution in [2.45, 2.75) is 19.8 Å². The smallest absolute Gasteiger partial charge is 0.250 e. The first-order valence-electron chi connectivity index (χ1n) is 6.54. The summed E-state index contributed by atoms with van der Waals surface area (Å²) in [5.74, 6) is -0.0226. The molecule has 4 nitrogen and oxygen atoms in total. The summed E-state index contributed by atoms with van der Waals surface area (Å²) >= 11 is 0. The predicted octanol–water partition coefficient (Wildman–Crippen LogP) is 3.23. The summed E-state index contributed by atoms with van der Waals surface area (Å²) in [5.41, 5.74) is 14.8. The quantitative estimate of drug-likeness (QED) is 0.745. The second-order valence-electron chi connectivity index (χ2n) is 5.04. The monoisotopic (exact) mass is 269 g/mol. The first-order chi connectivity index (χ1) is 9.49. The van der Waals surface area contributed by atoms with Gasteiger partial charge in [0.25, 0.3) is 5.91 Å². The standard InChI is InChI=1S/C16H19N3O/c1-10(2)11-6-8-12(9-7-11)19-15-13(16(18)20)4-3-5-14(15)17/h3-10,19H,17H2,1-2H3,(H2,18,20). The number of carbonyl (C=O) groups is 1. The van der Waals surface area contributed by atoms with Gasteiger partial charge in [-0.25, -0.2) is 0 Å². The fraction of sp³-hybridized carbons (Fsp3) is 0.188. The SMILES string of the molecule is CC(C)c1ccc(Nc2c(N)cccc2C(N)=O)cc1. The summed E-state index contributed by atoms with van der Waals surface area (Å²) in [6.45, 7) is 4.28. The van der Waals surface area contributed by atoms with Crippen LogP contribution in [0.1, 0.15) is 35.7 Å². The van der Waals surface area contributed by atoms with Gasteiger partial charge in [-0.2, -0.15) is 0 Å². The number of nitrogen functional groups attached to an aromatic ring is 1. The van der Waals surface area contributed by atoms with Gasteiger partial charge in [0, 0.05) is 5.69 Å². The average molecular weight is 269 g/mol. The summed E-state index contributed by atoms with van der Waals surface area (Å²) in [6.07, 6.45) is 0. The number of nitrogens with one attached hydrogen (secondary N) is 1. The molecule has 104 valence electrons. The summed E-state index contributed by atoms with van der Waals surface area (Å²) < 4.78 is 0. The molecular weight excluding hydrogens is 250 g/mol. The van der Waals surface area contributed by atoms with Crippen LogP contribution in [0.4, 0.5) is 17.1 Å². The van der Waals surface area contributed by atoms with Crippen molar-refractivity contribution >= 4 is 23.0 Å². The number of rotatable bonds is 4. The van der Waals surface area contributed by atoms with Crippen molar-refractivity contribution < 1.29 is 4.79 Å². The van der Waals surface area contributed by atoms with Crippen molar-refractivity contribution in [2.75, 3.05) is 11.1 Å². The van der Waals surface area contributed by atoms with Crippen LogP contribution in [0, 0.1) is 0 Å². The van der Waals surface area contributed by atoms with Crippen molar-refractivity contribution in [1.29, 1.82) is 0 Å². The second kappa shape index (κ2) is 5.65. The molecule has 5 N–H and O–H groups in total. The van der Waals surface area contributed by atoms with E-state index >= 15 is 0 Å². The lowest BCUT2D eigenvalue weighted by Gasteiger charge is -2.13. The van der Waals surface area contributed by atoms with Gasteiger partial charge in [0.2, 0.25) is 0 Å². The van der Waals surface area contributed by atoms with Gasteiger partial charge in [-0.05, 0) is 35.7 Å². The second-order valence-corrected chi connectivity index (χ2v) is 5.04. The topological polar surface area (TPSA) is 81.1 Å². The highest BCUT2D eigenvalue weighted by Crippen LogP contribution is 2.28. The molecule has 0 saturated carbocycles. The number of primary amides is 1. The molecule has 20 heavy (non-hydrogen) atoms. The van der Waals surface area contributed by atoms with Gasteiger partial charge in [-0.3, -0.25) is 4.79 Å². The maximum Gasteiger partial charge on any atom is 0.250 e. The number of amides is 1. The molecule has 1 amide bonds. The van der Waals surface area contributed by atoms with E-state index in [-0.39, 0.29) is 0 Å². The van der Waals surface area contributed by atoms with Crippen LogP contribution in [-0.2, 0) is 0 Å². The number of para-hydroxylation sites is 1. The fourth-order valence-electron chi connectivity index (χ4n) is 2.01. The third-order valence-corrected chi connectivity index (χ3v) is 3.21. The molecule has 0 saturated heterocycles. The number of nitrogens with two attached hydrogens (primary N) is 2. The summed E-state index contributed by atoms with van der Waals surface area (Å²) in [4.78, 5) is 11.4. The van der Waals surface area contributed by atoms with Crippen molar-refractivity contribution in [3.8, 4) is 0 Å². The molecule has 2 aromatic carbocycles. The normalized spacial score (nSPS) is 10.6. The molecule has 4 heteroatoms. The summed E-state index contributed by atoms with van der Waals surface area (Å²) in [7, 11) is 0. The van der Waals surface area contributed by atoms with Crippen molar-refractivity contribution in [1.82, 2.24) is 0 Å². The number of hydrogen-bond acceptors (Lipinski definition) is 3. The van der Waals surface area contributed by atoms with Gasteiger partial charge in [0.15, 0.2) is 0 Å². The minimum atomic E-state index is -0.501. The van der Waals surface area contributed by atoms with Crippen LogP contribution in [0.5, 0.6) is 0 Å². The van der Waals surface area contributed by atoms with E-state index in [1.54, 1.807) is 18.2 Å². The minimum Gasteiger partial charge on any atom is -0.397 e. The van der Waals surface area contributed by atoms with Crippen LogP contribution in [0.3, 0.4) is 0 Å². The molecule has 0 unspecified atom stereocenters. The molecule has 0 fully saturated rings. The highest BCUT2D eigenvalue weighted by atomic mass is 16.1. The molecule has 0 spiro atoms. The Morgan fingerprint density at radius 1 is 1.10 bits per heavy atom. The van der Waals surface area contributed by atoms with Crippen LogP contribution >= 0.6 is 0 Å². The predicted molar refractivity (Wildman–Crippen MR) is 83.2 cm³/mol. The lowest BCUT2D eigenvalue weighted by molar-refractivity contribution is 0.100. The Hall–Kier alpha value is -2.49. The maximum atomic E-state index is 11.4. The van der Waals surface area contributed by atoms with Crippen molar-refractivity contribution in [3.05, 3.63) is 53.6 Å². The summed E-state index contributed by atoms with van der Waals surface area (Å²) in [5, 5.41) is 3.16. The Bertz CT molecular complexity index is 618. The third-order valence-electron chi connectivity index (χ3n) is 3.21. The Morgan fingerprint density at radius 3 is 2.30 bits per heavy atom. The zero-order valence-electron chi connectivity index (χ0n) is 11.7. The highest BCUT2D eigenvalue weighted by Gasteiger charge is 2.11. The fourth-order valence-corrected chi connectivity index (χ4v) is 2.01. The van der Waals surface area contributed by atoms with Crippen LogP contribution < -0.4 is 16.8 Å². The Balaban J connectivity index is 2.32. The molecule has 0 atom stereocenters. The molecule has 2 aromatic rings. The molecule has 0 aliphatic carbocycles. The number of anilines is 3. The Labute approximate surface area is 118 Å². The van der Waals surface area contributed by atoms with Gasteiger partial charge in [-0.1, -0.05) is 32.0 Å². The van der Waals surface area contributed by atoms with E-state index in [2.05, 4.69) is 31.3 Å². The molecule has 2 rings (SSSR count). The van der Waals surface area contributed by atoms with Crippen LogP contribution in [0.25, 0.3) is 0 Å². The molecule has 0 aliphatic rings. The average Bonchev–Trinajstić information content (AvgIpc) is 2.41. The zero-order valence-corrected chi connectivity index (χ0v) is 11.7. The van der Waals surface area contributed by atoms with Gasteiger partial charge in [0.1, 0.15) is 0 Å². The molecular formula is C16H19N3O. The molecule has 0 bridgehead atoms. The van der Waals surface area contributed by atoms with E-state index in [1.807, 2.05) is 12.1 Å². The van der Waals surface area contributed by atoms with E-state index in [0.29, 0.717) is 22.9 Å². The van der Waals surface area contributed by atoms with Crippen LogP contribution in [0.2, 0.25) is 0 Å². The van der Waals surface area contributed by atoms with E-state index < -0.39 is 5.91 Å². The molecule has 0 radical (unpaired) electrons. The van der Waals surface area contributed by atoms with Crippen LogP contribution in [-0.4, -0.2) is 5.91 Å². The highest BCUT2D eigenvalue weighted by molar-refractivity contribution is 6.02. The molecule has 0 heterocycles. The third kappa shape index (κ3) is 2.91. The van der Waals surface area contributed by atoms with Gasteiger partial charge < -0.3 is 16.8 Å². The minimum absolute atomic E-state index is 0.387. The van der Waals surface area contributed by atoms with Crippen LogP contribution in [0.15, 0.2) is 42.5 Å². The number of hydrogen-bond donors (Lipinski definition) is 3. The lowest BCUT2D eigenvalue weighted by Crippen LogP contribution is -2.14. The van der Waals surface area contributed by atoms with Gasteiger partial charge in [-0.15, -0.1) is 0 Å². The lowest BCUT2D eigenvalue weighted by atomic mass is 10.0. The number of benzene rings is 2. The van der Waals surface area contributed by atoms with E-state index in [1.165, 1.54) is 5.56 Å². The van der Waals surface area contributed by atoms with E-state index in [0.717, 1.165) is 5.69 Å². The Morgan fingerprint density at radius 2 is 1.75 bits per heavy atom.